The van der Waals surface area contributed by atoms with Crippen molar-refractivity contribution in [3.63, 3.8) is 0 Å². The Hall–Kier alpha value is 0.310. The van der Waals surface area contributed by atoms with Crippen molar-refractivity contribution < 1.29 is 0 Å². The molecule has 2 atom stereocenters. The van der Waals surface area contributed by atoms with E-state index in [0.29, 0.717) is 5.41 Å². The zero-order valence-corrected chi connectivity index (χ0v) is 9.62. The normalized spacial score (nSPS) is 37.4. The maximum Gasteiger partial charge on any atom is 0.0168 e. The second-order valence-corrected chi connectivity index (χ2v) is 6.59. The Balaban J connectivity index is 1.67. The minimum atomic E-state index is 0.649. The van der Waals surface area contributed by atoms with Crippen LogP contribution in [0.2, 0.25) is 0 Å². The number of hydrogen-bond donors (Lipinski definition) is 1. The van der Waals surface area contributed by atoms with Gasteiger partial charge in [0.1, 0.15) is 0 Å². The van der Waals surface area contributed by atoms with Crippen LogP contribution in [0.1, 0.15) is 39.5 Å². The molecule has 1 heterocycles. The van der Waals surface area contributed by atoms with Crippen LogP contribution in [-0.2, 0) is 0 Å². The number of nitrogens with one attached hydrogen (secondary N) is 1. The molecular formula is C11H21NS. The molecule has 1 saturated carbocycles. The Labute approximate surface area is 86.0 Å². The summed E-state index contributed by atoms with van der Waals surface area (Å²) in [6.07, 6.45) is 5.71. The van der Waals surface area contributed by atoms with Gasteiger partial charge in [0.2, 0.25) is 0 Å². The molecule has 2 rings (SSSR count). The lowest BCUT2D eigenvalue weighted by Gasteiger charge is -2.39. The summed E-state index contributed by atoms with van der Waals surface area (Å²) in [6, 6.07) is 0.803. The van der Waals surface area contributed by atoms with Crippen molar-refractivity contribution in [2.75, 3.05) is 12.3 Å². The van der Waals surface area contributed by atoms with Gasteiger partial charge in [0.05, 0.1) is 0 Å². The van der Waals surface area contributed by atoms with Gasteiger partial charge in [0.25, 0.3) is 0 Å². The quantitative estimate of drug-likeness (QED) is 0.750. The summed E-state index contributed by atoms with van der Waals surface area (Å²) >= 11 is 2.12. The maximum atomic E-state index is 3.73. The molecule has 0 aromatic heterocycles. The highest BCUT2D eigenvalue weighted by atomic mass is 32.2. The first kappa shape index (κ1) is 9.85. The minimum absolute atomic E-state index is 0.649. The molecule has 1 saturated heterocycles. The topological polar surface area (TPSA) is 12.0 Å². The van der Waals surface area contributed by atoms with Crippen LogP contribution in [0.25, 0.3) is 0 Å². The van der Waals surface area contributed by atoms with E-state index in [9.17, 15) is 0 Å². The van der Waals surface area contributed by atoms with Gasteiger partial charge in [-0.1, -0.05) is 20.3 Å². The summed E-state index contributed by atoms with van der Waals surface area (Å²) in [5, 5.41) is 4.61. The van der Waals surface area contributed by atoms with Crippen LogP contribution in [0.5, 0.6) is 0 Å². The molecule has 0 aromatic rings. The van der Waals surface area contributed by atoms with Crippen molar-refractivity contribution in [2.45, 2.75) is 50.8 Å². The summed E-state index contributed by atoms with van der Waals surface area (Å²) in [7, 11) is 0. The van der Waals surface area contributed by atoms with Crippen LogP contribution in [0.4, 0.5) is 0 Å². The summed E-state index contributed by atoms with van der Waals surface area (Å²) in [6.45, 7) is 6.03. The lowest BCUT2D eigenvalue weighted by molar-refractivity contribution is 0.152. The molecule has 0 bridgehead atoms. The third-order valence-electron chi connectivity index (χ3n) is 3.58. The number of rotatable bonds is 3. The molecule has 2 unspecified atom stereocenters. The second kappa shape index (κ2) is 3.82. The highest BCUT2D eigenvalue weighted by Crippen LogP contribution is 2.39. The van der Waals surface area contributed by atoms with E-state index in [4.69, 9.17) is 0 Å². The Morgan fingerprint density at radius 3 is 2.69 bits per heavy atom. The minimum Gasteiger partial charge on any atom is -0.313 e. The maximum absolute atomic E-state index is 3.73. The van der Waals surface area contributed by atoms with Crippen LogP contribution >= 0.6 is 11.8 Å². The molecule has 1 nitrogen and oxygen atoms in total. The lowest BCUT2D eigenvalue weighted by Crippen LogP contribution is -2.42. The third-order valence-corrected chi connectivity index (χ3v) is 4.93. The fourth-order valence-corrected chi connectivity index (χ4v) is 3.49. The first-order valence-electron chi connectivity index (χ1n) is 5.53. The fraction of sp³-hybridized carbons (Fsp3) is 1.00. The monoisotopic (exact) mass is 199 g/mol. The van der Waals surface area contributed by atoms with E-state index in [1.54, 1.807) is 0 Å². The van der Waals surface area contributed by atoms with E-state index in [2.05, 4.69) is 30.9 Å². The van der Waals surface area contributed by atoms with E-state index in [1.165, 1.54) is 38.0 Å². The molecule has 2 heteroatoms. The molecule has 0 aromatic carbocycles. The van der Waals surface area contributed by atoms with Crippen LogP contribution in [0.3, 0.4) is 0 Å². The van der Waals surface area contributed by atoms with Crippen LogP contribution in [0.15, 0.2) is 0 Å². The molecule has 2 fully saturated rings. The third kappa shape index (κ3) is 2.41. The molecular weight excluding hydrogens is 178 g/mol. The zero-order chi connectivity index (χ0) is 9.31. The fourth-order valence-electron chi connectivity index (χ4n) is 2.31. The molecule has 1 aliphatic carbocycles. The molecule has 13 heavy (non-hydrogen) atoms. The Morgan fingerprint density at radius 1 is 1.46 bits per heavy atom. The van der Waals surface area contributed by atoms with Crippen LogP contribution in [0, 0.1) is 5.41 Å². The Morgan fingerprint density at radius 2 is 2.23 bits per heavy atom. The van der Waals surface area contributed by atoms with Gasteiger partial charge in [0, 0.05) is 23.6 Å². The molecule has 1 aliphatic heterocycles. The van der Waals surface area contributed by atoms with E-state index in [0.717, 1.165) is 11.3 Å². The lowest BCUT2D eigenvalue weighted by atomic mass is 9.70. The van der Waals surface area contributed by atoms with Gasteiger partial charge >= 0.3 is 0 Å². The number of thioether (sulfide) groups is 1. The smallest absolute Gasteiger partial charge is 0.0168 e. The van der Waals surface area contributed by atoms with E-state index in [1.807, 2.05) is 0 Å². The predicted octanol–water partition coefficient (Wildman–Crippen LogP) is 2.66. The largest absolute Gasteiger partial charge is 0.313 e. The average Bonchev–Trinajstić information content (AvgIpc) is 2.44. The van der Waals surface area contributed by atoms with Gasteiger partial charge in [0.15, 0.2) is 0 Å². The first-order chi connectivity index (χ1) is 6.18. The molecule has 1 N–H and O–H groups in total. The summed E-state index contributed by atoms with van der Waals surface area (Å²) in [5.41, 5.74) is 0.649. The van der Waals surface area contributed by atoms with Crippen molar-refractivity contribution >= 4 is 11.8 Å². The van der Waals surface area contributed by atoms with Gasteiger partial charge in [-0.15, -0.1) is 0 Å². The van der Waals surface area contributed by atoms with Gasteiger partial charge in [-0.25, -0.2) is 0 Å². The zero-order valence-electron chi connectivity index (χ0n) is 8.81. The molecule has 0 spiro atoms. The van der Waals surface area contributed by atoms with Gasteiger partial charge in [-0.05, 0) is 24.7 Å². The van der Waals surface area contributed by atoms with Crippen molar-refractivity contribution in [3.05, 3.63) is 0 Å². The van der Waals surface area contributed by atoms with E-state index in [-0.39, 0.29) is 0 Å². The summed E-state index contributed by atoms with van der Waals surface area (Å²) in [4.78, 5) is 0. The molecule has 0 radical (unpaired) electrons. The number of hydrogen-bond acceptors (Lipinski definition) is 2. The van der Waals surface area contributed by atoms with Gasteiger partial charge in [-0.3, -0.25) is 0 Å². The second-order valence-electron chi connectivity index (χ2n) is 5.12. The SMILES string of the molecule is CC1CC(NCC2(C)CCC2)CS1. The first-order valence-corrected chi connectivity index (χ1v) is 6.58. The molecule has 2 aliphatic rings. The van der Waals surface area contributed by atoms with Crippen molar-refractivity contribution in [1.29, 1.82) is 0 Å². The van der Waals surface area contributed by atoms with Gasteiger partial charge < -0.3 is 5.32 Å². The van der Waals surface area contributed by atoms with Crippen LogP contribution in [-0.4, -0.2) is 23.6 Å². The molecule has 76 valence electrons. The predicted molar refractivity (Wildman–Crippen MR) is 60.3 cm³/mol. The highest BCUT2D eigenvalue weighted by Gasteiger charge is 2.32. The van der Waals surface area contributed by atoms with E-state index >= 15 is 0 Å². The van der Waals surface area contributed by atoms with Crippen molar-refractivity contribution in [2.24, 2.45) is 5.41 Å². The highest BCUT2D eigenvalue weighted by molar-refractivity contribution is 8.00. The van der Waals surface area contributed by atoms with Crippen LogP contribution < -0.4 is 5.32 Å². The summed E-state index contributed by atoms with van der Waals surface area (Å²) in [5.74, 6) is 1.33. The molecule has 0 amide bonds. The van der Waals surface area contributed by atoms with Crippen molar-refractivity contribution in [3.8, 4) is 0 Å². The standard InChI is InChI=1S/C11H21NS/c1-9-6-10(7-13-9)12-8-11(2)4-3-5-11/h9-10,12H,3-8H2,1-2H3. The summed E-state index contributed by atoms with van der Waals surface area (Å²) < 4.78 is 0. The van der Waals surface area contributed by atoms with Gasteiger partial charge in [-0.2, -0.15) is 11.8 Å². The average molecular weight is 199 g/mol. The Kier molecular flexibility index (Phi) is 2.89. The van der Waals surface area contributed by atoms with Crippen molar-refractivity contribution in [1.82, 2.24) is 5.32 Å². The Bertz CT molecular complexity index is 177. The van der Waals surface area contributed by atoms with E-state index < -0.39 is 0 Å².